The van der Waals surface area contributed by atoms with Crippen LogP contribution in [0.2, 0.25) is 0 Å². The van der Waals surface area contributed by atoms with E-state index in [1.807, 2.05) is 0 Å². The Morgan fingerprint density at radius 1 is 0.914 bits per heavy atom. The summed E-state index contributed by atoms with van der Waals surface area (Å²) in [7, 11) is 0. The highest BCUT2D eigenvalue weighted by molar-refractivity contribution is 9.12. The number of para-hydroxylation sites is 1. The third kappa shape index (κ3) is 4.69. The molecule has 13 heteroatoms. The van der Waals surface area contributed by atoms with Gasteiger partial charge in [-0.1, -0.05) is 56.1 Å². The minimum absolute atomic E-state index is 0.0468. The summed E-state index contributed by atoms with van der Waals surface area (Å²) in [5, 5.41) is 24.2. The zero-order valence-corrected chi connectivity index (χ0v) is 21.1. The molecule has 4 rings (SSSR count). The number of nitrogens with zero attached hydrogens (tertiary/aromatic N) is 4. The summed E-state index contributed by atoms with van der Waals surface area (Å²) < 4.78 is 0. The Labute approximate surface area is 215 Å². The lowest BCUT2D eigenvalue weighted by molar-refractivity contribution is -0.385. The van der Waals surface area contributed by atoms with Crippen LogP contribution in [0.3, 0.4) is 0 Å². The summed E-state index contributed by atoms with van der Waals surface area (Å²) >= 11 is 7.04. The molecule has 11 nitrogen and oxygen atoms in total. The van der Waals surface area contributed by atoms with Crippen LogP contribution in [0.1, 0.15) is 28.8 Å². The number of hydrazine groups is 1. The maximum atomic E-state index is 13.6. The van der Waals surface area contributed by atoms with Crippen LogP contribution in [0.4, 0.5) is 11.4 Å². The number of hydrogen-bond donors (Lipinski definition) is 0. The first kappa shape index (κ1) is 24.9. The summed E-state index contributed by atoms with van der Waals surface area (Å²) in [6.07, 6.45) is 0.763. The highest BCUT2D eigenvalue weighted by Gasteiger charge is 2.54. The number of benzene rings is 2. The van der Waals surface area contributed by atoms with Gasteiger partial charge in [0.25, 0.3) is 29.1 Å². The quantitative estimate of drug-likeness (QED) is 0.208. The third-order valence-electron chi connectivity index (χ3n) is 6.17. The Kier molecular flexibility index (Phi) is 6.99. The van der Waals surface area contributed by atoms with Crippen molar-refractivity contribution in [1.82, 2.24) is 10.0 Å². The number of hydrogen-bond acceptors (Lipinski definition) is 7. The smallest absolute Gasteiger partial charge is 0.272 e. The molecule has 2 aromatic carbocycles. The Morgan fingerprint density at radius 3 is 1.97 bits per heavy atom. The van der Waals surface area contributed by atoms with Crippen molar-refractivity contribution >= 4 is 61.0 Å². The van der Waals surface area contributed by atoms with Gasteiger partial charge in [0.2, 0.25) is 0 Å². The molecule has 0 aromatic heterocycles. The molecule has 1 saturated heterocycles. The SMILES string of the molecule is O=C(c1ccccc1[N+](=O)[O-])N(Cc1ccc([N+](=O)[O-])cc1)N1C(=O)[C@@H]2C[C@@H](Br)[C@@H](Br)C[C@H]2C1=O. The van der Waals surface area contributed by atoms with Gasteiger partial charge in [0.1, 0.15) is 5.56 Å². The first-order valence-corrected chi connectivity index (χ1v) is 12.4. The largest absolute Gasteiger partial charge is 0.282 e. The van der Waals surface area contributed by atoms with Gasteiger partial charge >= 0.3 is 0 Å². The van der Waals surface area contributed by atoms with Crippen molar-refractivity contribution in [3.8, 4) is 0 Å². The molecule has 0 radical (unpaired) electrons. The van der Waals surface area contributed by atoms with Crippen LogP contribution in [-0.4, -0.2) is 47.2 Å². The van der Waals surface area contributed by atoms with Crippen LogP contribution in [0.5, 0.6) is 0 Å². The molecule has 0 spiro atoms. The van der Waals surface area contributed by atoms with Crippen molar-refractivity contribution < 1.29 is 24.2 Å². The number of nitro groups is 2. The Balaban J connectivity index is 1.75. The minimum atomic E-state index is -0.901. The topological polar surface area (TPSA) is 144 Å². The van der Waals surface area contributed by atoms with E-state index in [0.29, 0.717) is 18.4 Å². The monoisotopic (exact) mass is 608 g/mol. The summed E-state index contributed by atoms with van der Waals surface area (Å²) in [5.41, 5.74) is -0.526. The summed E-state index contributed by atoms with van der Waals surface area (Å²) in [5.74, 6) is -3.30. The van der Waals surface area contributed by atoms with Crippen molar-refractivity contribution in [2.45, 2.75) is 29.0 Å². The van der Waals surface area contributed by atoms with E-state index in [9.17, 15) is 34.6 Å². The molecule has 2 fully saturated rings. The fourth-order valence-corrected chi connectivity index (χ4v) is 5.63. The Bertz CT molecular complexity index is 1190. The standard InChI is InChI=1S/C22H18Br2N4O7/c23-17-9-15-16(10-18(17)24)22(31)26(21(15)30)25(11-12-5-7-13(8-6-12)27(32)33)20(29)14-3-1-2-4-19(14)28(34)35/h1-8,15-18H,9-11H2/t15-,16-,17-,18+/m1/s1. The van der Waals surface area contributed by atoms with Crippen LogP contribution in [0.15, 0.2) is 48.5 Å². The number of halogens is 2. The molecule has 4 atom stereocenters. The van der Waals surface area contributed by atoms with Gasteiger partial charge in [-0.05, 0) is 24.5 Å². The van der Waals surface area contributed by atoms with Crippen molar-refractivity contribution in [3.05, 3.63) is 79.9 Å². The molecule has 2 aromatic rings. The lowest BCUT2D eigenvalue weighted by Crippen LogP contribution is -2.50. The lowest BCUT2D eigenvalue weighted by atomic mass is 9.81. The molecular formula is C22H18Br2N4O7. The fourth-order valence-electron chi connectivity index (χ4n) is 4.40. The normalized spacial score (nSPS) is 23.7. The maximum Gasteiger partial charge on any atom is 0.282 e. The van der Waals surface area contributed by atoms with E-state index in [1.165, 1.54) is 42.5 Å². The lowest BCUT2D eigenvalue weighted by Gasteiger charge is -2.30. The van der Waals surface area contributed by atoms with Crippen LogP contribution < -0.4 is 0 Å². The summed E-state index contributed by atoms with van der Waals surface area (Å²) in [4.78, 5) is 61.5. The van der Waals surface area contributed by atoms with Crippen molar-refractivity contribution in [2.75, 3.05) is 0 Å². The van der Waals surface area contributed by atoms with E-state index in [0.717, 1.165) is 16.1 Å². The molecule has 182 valence electrons. The molecule has 35 heavy (non-hydrogen) atoms. The van der Waals surface area contributed by atoms with Crippen molar-refractivity contribution in [2.24, 2.45) is 11.8 Å². The molecule has 1 saturated carbocycles. The van der Waals surface area contributed by atoms with Crippen LogP contribution in [0.25, 0.3) is 0 Å². The second-order valence-corrected chi connectivity index (χ2v) is 10.6. The number of imide groups is 1. The molecule has 0 unspecified atom stereocenters. The second-order valence-electron chi connectivity index (χ2n) is 8.27. The summed E-state index contributed by atoms with van der Waals surface area (Å²) in [6, 6.07) is 10.5. The van der Waals surface area contributed by atoms with E-state index < -0.39 is 45.1 Å². The highest BCUT2D eigenvalue weighted by Crippen LogP contribution is 2.44. The first-order valence-electron chi connectivity index (χ1n) is 10.5. The molecule has 1 aliphatic carbocycles. The van der Waals surface area contributed by atoms with Crippen molar-refractivity contribution in [3.63, 3.8) is 0 Å². The average Bonchev–Trinajstić information content (AvgIpc) is 3.06. The number of fused-ring (bicyclic) bond motifs is 1. The number of rotatable bonds is 6. The molecule has 3 amide bonds. The van der Waals surface area contributed by atoms with Gasteiger partial charge in [0.15, 0.2) is 0 Å². The van der Waals surface area contributed by atoms with Gasteiger partial charge in [0.05, 0.1) is 28.2 Å². The van der Waals surface area contributed by atoms with E-state index in [-0.39, 0.29) is 27.4 Å². The van der Waals surface area contributed by atoms with E-state index in [2.05, 4.69) is 31.9 Å². The van der Waals surface area contributed by atoms with Crippen LogP contribution in [0, 0.1) is 32.1 Å². The Hall–Kier alpha value is -3.19. The van der Waals surface area contributed by atoms with Gasteiger partial charge in [-0.2, -0.15) is 5.01 Å². The van der Waals surface area contributed by atoms with Gasteiger partial charge in [0, 0.05) is 27.9 Å². The number of carbonyl (C=O) groups is 3. The summed E-state index contributed by atoms with van der Waals surface area (Å²) in [6.45, 7) is -0.296. The predicted molar refractivity (Wildman–Crippen MR) is 130 cm³/mol. The zero-order chi connectivity index (χ0) is 25.4. The predicted octanol–water partition coefficient (Wildman–Crippen LogP) is 3.98. The zero-order valence-electron chi connectivity index (χ0n) is 18.0. The second kappa shape index (κ2) is 9.82. The van der Waals surface area contributed by atoms with Gasteiger partial charge < -0.3 is 0 Å². The molecule has 1 aliphatic heterocycles. The first-order chi connectivity index (χ1) is 16.6. The molecule has 0 bridgehead atoms. The van der Waals surface area contributed by atoms with Crippen molar-refractivity contribution in [1.29, 1.82) is 0 Å². The average molecular weight is 610 g/mol. The fraction of sp³-hybridized carbons (Fsp3) is 0.318. The van der Waals surface area contributed by atoms with E-state index in [1.54, 1.807) is 0 Å². The molecule has 2 aliphatic rings. The number of nitro benzene ring substituents is 2. The van der Waals surface area contributed by atoms with E-state index in [4.69, 9.17) is 0 Å². The molecule has 1 heterocycles. The molecular weight excluding hydrogens is 592 g/mol. The maximum absolute atomic E-state index is 13.6. The molecule has 0 N–H and O–H groups in total. The van der Waals surface area contributed by atoms with Gasteiger partial charge in [-0.25, -0.2) is 5.01 Å². The Morgan fingerprint density at radius 2 is 1.46 bits per heavy atom. The minimum Gasteiger partial charge on any atom is -0.272 e. The van der Waals surface area contributed by atoms with Crippen LogP contribution >= 0.6 is 31.9 Å². The number of amides is 3. The van der Waals surface area contributed by atoms with Gasteiger partial charge in [-0.15, -0.1) is 0 Å². The highest BCUT2D eigenvalue weighted by atomic mass is 79.9. The van der Waals surface area contributed by atoms with Gasteiger partial charge in [-0.3, -0.25) is 34.6 Å². The third-order valence-corrected chi connectivity index (χ3v) is 8.91. The van der Waals surface area contributed by atoms with E-state index >= 15 is 0 Å². The van der Waals surface area contributed by atoms with Crippen LogP contribution in [-0.2, 0) is 16.1 Å². The number of carbonyl (C=O) groups excluding carboxylic acids is 3. The number of non-ortho nitro benzene ring substituents is 1. The number of alkyl halides is 2.